The van der Waals surface area contributed by atoms with Crippen molar-refractivity contribution in [1.29, 1.82) is 5.26 Å². The van der Waals surface area contributed by atoms with Gasteiger partial charge >= 0.3 is 6.61 Å². The minimum Gasteiger partial charge on any atom is -0.434 e. The molecule has 4 N–H and O–H groups in total. The lowest BCUT2D eigenvalue weighted by Crippen LogP contribution is -2.46. The fraction of sp³-hybridized carbons (Fsp3) is 0.344. The number of aromatic nitrogens is 5. The first kappa shape index (κ1) is 32.1. The van der Waals surface area contributed by atoms with E-state index < -0.39 is 18.4 Å². The number of piperidine rings is 1. The quantitative estimate of drug-likeness (QED) is 0.186. The van der Waals surface area contributed by atoms with Crippen LogP contribution in [-0.4, -0.2) is 79.3 Å². The molecule has 4 aromatic heterocycles. The Morgan fingerprint density at radius 3 is 2.71 bits per heavy atom. The fourth-order valence-electron chi connectivity index (χ4n) is 5.93. The standard InChI is InChI=1S/C32H30F2N10O4S/c33-31(34)48-23-10-18-11-25(28(36)46)49-24(18)12-20(23)27-22(40-30(47)21-13-39-44-7-1-6-37-29(21)44)14-43(41-27)15-26(45)42-8-2-19(3-9-42)38-17-32(16-35)4-5-32/h1,6-7,10-14,19,31,38H,2-5,8-9,15,17H2,(H2,36,46)(H,40,47). The van der Waals surface area contributed by atoms with Crippen LogP contribution in [0.2, 0.25) is 0 Å². The normalized spacial score (nSPS) is 15.8. The summed E-state index contributed by atoms with van der Waals surface area (Å²) < 4.78 is 35.5. The number of ether oxygens (including phenoxy) is 1. The third kappa shape index (κ3) is 6.65. The van der Waals surface area contributed by atoms with Gasteiger partial charge in [-0.2, -0.15) is 24.2 Å². The second kappa shape index (κ2) is 12.9. The molecule has 1 aliphatic heterocycles. The summed E-state index contributed by atoms with van der Waals surface area (Å²) in [4.78, 5) is 45.0. The van der Waals surface area contributed by atoms with Gasteiger partial charge in [-0.05, 0) is 55.3 Å². The number of anilines is 1. The minimum atomic E-state index is -3.19. The number of hydrogen-bond donors (Lipinski definition) is 3. The Balaban J connectivity index is 1.18. The van der Waals surface area contributed by atoms with Crippen molar-refractivity contribution in [3.8, 4) is 23.1 Å². The summed E-state index contributed by atoms with van der Waals surface area (Å²) in [5, 5.41) is 24.8. The number of halogens is 2. The van der Waals surface area contributed by atoms with E-state index in [2.05, 4.69) is 31.9 Å². The lowest BCUT2D eigenvalue weighted by atomic mass is 10.0. The van der Waals surface area contributed by atoms with Crippen molar-refractivity contribution in [2.75, 3.05) is 25.0 Å². The van der Waals surface area contributed by atoms with Crippen LogP contribution in [0.25, 0.3) is 27.0 Å². The zero-order valence-electron chi connectivity index (χ0n) is 25.9. The second-order valence-corrected chi connectivity index (χ2v) is 13.2. The number of hydrogen-bond acceptors (Lipinski definition) is 10. The number of carbonyl (C=O) groups is 3. The number of nitrogens with one attached hydrogen (secondary N) is 2. The molecule has 0 atom stereocenters. The molecule has 49 heavy (non-hydrogen) atoms. The number of nitrogens with two attached hydrogens (primary N) is 1. The molecule has 0 bridgehead atoms. The van der Waals surface area contributed by atoms with E-state index in [-0.39, 0.29) is 57.0 Å². The van der Waals surface area contributed by atoms with Gasteiger partial charge in [-0.3, -0.25) is 19.1 Å². The van der Waals surface area contributed by atoms with Crippen molar-refractivity contribution < 1.29 is 27.9 Å². The van der Waals surface area contributed by atoms with Gasteiger partial charge in [0.15, 0.2) is 5.65 Å². The van der Waals surface area contributed by atoms with Crippen LogP contribution >= 0.6 is 11.3 Å². The van der Waals surface area contributed by atoms with E-state index in [9.17, 15) is 28.4 Å². The van der Waals surface area contributed by atoms with Gasteiger partial charge in [0, 0.05) is 54.5 Å². The number of thiophene rings is 1. The topological polar surface area (TPSA) is 186 Å². The largest absolute Gasteiger partial charge is 0.434 e. The van der Waals surface area contributed by atoms with Crippen LogP contribution in [0.3, 0.4) is 0 Å². The molecule has 1 saturated heterocycles. The average molecular weight is 689 g/mol. The van der Waals surface area contributed by atoms with Crippen molar-refractivity contribution in [2.24, 2.45) is 11.1 Å². The first-order valence-electron chi connectivity index (χ1n) is 15.5. The van der Waals surface area contributed by atoms with Crippen molar-refractivity contribution in [3.05, 3.63) is 59.5 Å². The number of carbonyl (C=O) groups excluding carboxylic acids is 3. The highest BCUT2D eigenvalue weighted by atomic mass is 32.1. The van der Waals surface area contributed by atoms with E-state index in [1.165, 1.54) is 46.0 Å². The molecule has 7 rings (SSSR count). The molecular weight excluding hydrogens is 658 g/mol. The molecule has 1 aliphatic carbocycles. The number of nitriles is 1. The van der Waals surface area contributed by atoms with Gasteiger partial charge in [-0.1, -0.05) is 0 Å². The van der Waals surface area contributed by atoms with Crippen molar-refractivity contribution in [1.82, 2.24) is 34.6 Å². The molecule has 0 radical (unpaired) electrons. The summed E-state index contributed by atoms with van der Waals surface area (Å²) in [6.07, 6.45) is 9.23. The van der Waals surface area contributed by atoms with Crippen molar-refractivity contribution in [2.45, 2.75) is 44.9 Å². The predicted molar refractivity (Wildman–Crippen MR) is 174 cm³/mol. The van der Waals surface area contributed by atoms with Crippen LogP contribution in [-0.2, 0) is 11.3 Å². The van der Waals surface area contributed by atoms with Crippen LogP contribution in [0.1, 0.15) is 45.7 Å². The third-order valence-corrected chi connectivity index (χ3v) is 9.94. The second-order valence-electron chi connectivity index (χ2n) is 12.2. The smallest absolute Gasteiger partial charge is 0.387 e. The van der Waals surface area contributed by atoms with Gasteiger partial charge < -0.3 is 26.0 Å². The summed E-state index contributed by atoms with van der Waals surface area (Å²) in [5.74, 6) is -1.73. The number of benzene rings is 1. The molecule has 3 amide bonds. The number of rotatable bonds is 11. The Morgan fingerprint density at radius 2 is 2.00 bits per heavy atom. The SMILES string of the molecule is N#CC1(CNC2CCN(C(=O)Cn3cc(NC(=O)c4cnn5cccnc45)c(-c4cc5sc(C(N)=O)cc5cc4OC(F)F)n3)CC2)CC1. The molecule has 2 aliphatic rings. The van der Waals surface area contributed by atoms with E-state index >= 15 is 0 Å². The zero-order chi connectivity index (χ0) is 34.3. The summed E-state index contributed by atoms with van der Waals surface area (Å²) >= 11 is 1.07. The minimum absolute atomic E-state index is 0.0616. The van der Waals surface area contributed by atoms with Gasteiger partial charge in [-0.25, -0.2) is 9.50 Å². The number of alkyl halides is 2. The van der Waals surface area contributed by atoms with Crippen LogP contribution < -0.4 is 21.1 Å². The monoisotopic (exact) mass is 688 g/mol. The van der Waals surface area contributed by atoms with Crippen LogP contribution in [0.5, 0.6) is 5.75 Å². The first-order chi connectivity index (χ1) is 23.6. The maximum Gasteiger partial charge on any atom is 0.387 e. The van der Waals surface area contributed by atoms with E-state index in [1.54, 1.807) is 17.2 Å². The molecule has 17 heteroatoms. The molecule has 0 spiro atoms. The Kier molecular flexibility index (Phi) is 8.42. The summed E-state index contributed by atoms with van der Waals surface area (Å²) in [6.45, 7) is -1.70. The van der Waals surface area contributed by atoms with E-state index in [4.69, 9.17) is 10.5 Å². The lowest BCUT2D eigenvalue weighted by Gasteiger charge is -2.33. The molecule has 14 nitrogen and oxygen atoms in total. The first-order valence-corrected chi connectivity index (χ1v) is 16.4. The Labute approximate surface area is 281 Å². The number of amides is 3. The zero-order valence-corrected chi connectivity index (χ0v) is 26.8. The van der Waals surface area contributed by atoms with Gasteiger partial charge in [-0.15, -0.1) is 11.3 Å². The summed E-state index contributed by atoms with van der Waals surface area (Å²) in [5.41, 5.74) is 5.94. The average Bonchev–Trinajstić information content (AvgIpc) is 3.36. The summed E-state index contributed by atoms with van der Waals surface area (Å²) in [6, 6.07) is 8.61. The fourth-order valence-corrected chi connectivity index (χ4v) is 6.86. The highest BCUT2D eigenvalue weighted by Crippen LogP contribution is 2.44. The molecule has 0 unspecified atom stereocenters. The van der Waals surface area contributed by atoms with Gasteiger partial charge in [0.2, 0.25) is 5.91 Å². The molecule has 5 heterocycles. The van der Waals surface area contributed by atoms with Crippen LogP contribution in [0, 0.1) is 16.7 Å². The predicted octanol–water partition coefficient (Wildman–Crippen LogP) is 3.64. The molecule has 1 aromatic carbocycles. The highest BCUT2D eigenvalue weighted by molar-refractivity contribution is 7.20. The molecule has 5 aromatic rings. The molecule has 2 fully saturated rings. The Hall–Kier alpha value is -5.47. The number of fused-ring (bicyclic) bond motifs is 2. The van der Waals surface area contributed by atoms with Crippen LogP contribution in [0.4, 0.5) is 14.5 Å². The number of primary amides is 1. The van der Waals surface area contributed by atoms with Crippen molar-refractivity contribution >= 4 is 50.5 Å². The van der Waals surface area contributed by atoms with E-state index in [0.717, 1.165) is 37.0 Å². The lowest BCUT2D eigenvalue weighted by molar-refractivity contribution is -0.133. The van der Waals surface area contributed by atoms with Crippen LogP contribution in [0.15, 0.2) is 49.1 Å². The van der Waals surface area contributed by atoms with E-state index in [0.29, 0.717) is 35.4 Å². The Bertz CT molecular complexity index is 2120. The Morgan fingerprint density at radius 1 is 1.20 bits per heavy atom. The summed E-state index contributed by atoms with van der Waals surface area (Å²) in [7, 11) is 0. The highest BCUT2D eigenvalue weighted by Gasteiger charge is 2.43. The molecular formula is C32H30F2N10O4S. The molecule has 252 valence electrons. The van der Waals surface area contributed by atoms with Crippen molar-refractivity contribution in [3.63, 3.8) is 0 Å². The van der Waals surface area contributed by atoms with Gasteiger partial charge in [0.05, 0.1) is 28.2 Å². The number of likely N-dealkylation sites (tertiary alicyclic amines) is 1. The maximum atomic E-state index is 13.7. The maximum absolute atomic E-state index is 13.7. The van der Waals surface area contributed by atoms with E-state index in [1.807, 2.05) is 0 Å². The van der Waals surface area contributed by atoms with Gasteiger partial charge in [0.1, 0.15) is 23.6 Å². The molecule has 1 saturated carbocycles. The van der Waals surface area contributed by atoms with Gasteiger partial charge in [0.25, 0.3) is 11.8 Å². The third-order valence-electron chi connectivity index (χ3n) is 8.83. The number of nitrogens with zero attached hydrogens (tertiary/aromatic N) is 7.